The number of hydrogen-bond donors (Lipinski definition) is 1. The molecule has 0 aromatic rings. The first-order valence-corrected chi connectivity index (χ1v) is 6.56. The Labute approximate surface area is 87.9 Å². The lowest BCUT2D eigenvalue weighted by Gasteiger charge is -2.23. The minimum Gasteiger partial charge on any atom is -0.199 e. The van der Waals surface area contributed by atoms with Crippen LogP contribution in [0.4, 0.5) is 0 Å². The molecule has 0 rings (SSSR count). The maximum absolute atomic E-state index is 11.7. The third kappa shape index (κ3) is 3.94. The van der Waals surface area contributed by atoms with Gasteiger partial charge in [0.15, 0.2) is 0 Å². The van der Waals surface area contributed by atoms with Gasteiger partial charge >= 0.3 is 0 Å². The predicted molar refractivity (Wildman–Crippen MR) is 59.3 cm³/mol. The molecule has 0 radical (unpaired) electrons. The van der Waals surface area contributed by atoms with Crippen LogP contribution in [0, 0.1) is 5.92 Å². The Balaban J connectivity index is 4.48. The normalized spacial score (nSPS) is 15.1. The first-order chi connectivity index (χ1) is 6.35. The predicted octanol–water partition coefficient (Wildman–Crippen LogP) is 1.21. The first kappa shape index (κ1) is 13.9. The Morgan fingerprint density at radius 1 is 1.14 bits per heavy atom. The fourth-order valence-electron chi connectivity index (χ4n) is 1.01. The van der Waals surface area contributed by atoms with E-state index in [1.165, 1.54) is 4.31 Å². The summed E-state index contributed by atoms with van der Waals surface area (Å²) in [6.07, 6.45) is 0. The van der Waals surface area contributed by atoms with Crippen molar-refractivity contribution in [1.82, 2.24) is 9.03 Å². The SMILES string of the molecule is CCN(CC)S(=O)(=O)N[C@@H](C)C(C)C. The number of rotatable bonds is 6. The molecule has 0 aromatic carbocycles. The van der Waals surface area contributed by atoms with Crippen molar-refractivity contribution in [1.29, 1.82) is 0 Å². The second-order valence-electron chi connectivity index (χ2n) is 3.74. The largest absolute Gasteiger partial charge is 0.279 e. The second kappa shape index (κ2) is 5.68. The fraction of sp³-hybridized carbons (Fsp3) is 1.00. The van der Waals surface area contributed by atoms with Crippen LogP contribution in [0.2, 0.25) is 0 Å². The molecule has 0 aromatic heterocycles. The maximum Gasteiger partial charge on any atom is 0.279 e. The molecule has 0 amide bonds. The highest BCUT2D eigenvalue weighted by Gasteiger charge is 2.21. The van der Waals surface area contributed by atoms with Gasteiger partial charge in [0.1, 0.15) is 0 Å². The standard InChI is InChI=1S/C9H22N2O2S/c1-6-11(7-2)14(12,13)10-9(5)8(3)4/h8-10H,6-7H2,1-5H3/t9-/m0/s1. The van der Waals surface area contributed by atoms with E-state index in [1.807, 2.05) is 34.6 Å². The molecule has 14 heavy (non-hydrogen) atoms. The molecule has 0 saturated carbocycles. The van der Waals surface area contributed by atoms with Crippen molar-refractivity contribution < 1.29 is 8.42 Å². The van der Waals surface area contributed by atoms with E-state index in [2.05, 4.69) is 4.72 Å². The van der Waals surface area contributed by atoms with Crippen LogP contribution < -0.4 is 4.72 Å². The van der Waals surface area contributed by atoms with Crippen molar-refractivity contribution in [2.75, 3.05) is 13.1 Å². The van der Waals surface area contributed by atoms with Gasteiger partial charge in [-0.2, -0.15) is 17.4 Å². The molecule has 0 aliphatic heterocycles. The highest BCUT2D eigenvalue weighted by Crippen LogP contribution is 2.04. The van der Waals surface area contributed by atoms with Gasteiger partial charge in [-0.15, -0.1) is 0 Å². The third-order valence-corrected chi connectivity index (χ3v) is 4.25. The summed E-state index contributed by atoms with van der Waals surface area (Å²) in [5.74, 6) is 0.306. The van der Waals surface area contributed by atoms with Crippen molar-refractivity contribution in [3.05, 3.63) is 0 Å². The van der Waals surface area contributed by atoms with Crippen LogP contribution in [0.1, 0.15) is 34.6 Å². The van der Waals surface area contributed by atoms with Crippen LogP contribution in [-0.2, 0) is 10.2 Å². The Morgan fingerprint density at radius 2 is 1.57 bits per heavy atom. The van der Waals surface area contributed by atoms with Crippen molar-refractivity contribution in [3.63, 3.8) is 0 Å². The molecule has 0 saturated heterocycles. The van der Waals surface area contributed by atoms with Crippen LogP contribution >= 0.6 is 0 Å². The average Bonchev–Trinajstić information content (AvgIpc) is 2.04. The van der Waals surface area contributed by atoms with Crippen LogP contribution in [0.25, 0.3) is 0 Å². The lowest BCUT2D eigenvalue weighted by atomic mass is 10.1. The third-order valence-electron chi connectivity index (χ3n) is 2.38. The topological polar surface area (TPSA) is 49.4 Å². The van der Waals surface area contributed by atoms with Crippen LogP contribution in [0.5, 0.6) is 0 Å². The Bertz CT molecular complexity index is 246. The van der Waals surface area contributed by atoms with Crippen LogP contribution in [0.3, 0.4) is 0 Å². The molecule has 4 nitrogen and oxygen atoms in total. The molecule has 5 heteroatoms. The van der Waals surface area contributed by atoms with E-state index < -0.39 is 10.2 Å². The van der Waals surface area contributed by atoms with Gasteiger partial charge in [0.05, 0.1) is 0 Å². The van der Waals surface area contributed by atoms with E-state index >= 15 is 0 Å². The van der Waals surface area contributed by atoms with Gasteiger partial charge in [-0.25, -0.2) is 0 Å². The van der Waals surface area contributed by atoms with Crippen molar-refractivity contribution in [3.8, 4) is 0 Å². The summed E-state index contributed by atoms with van der Waals surface area (Å²) in [5, 5.41) is 0. The molecule has 86 valence electrons. The van der Waals surface area contributed by atoms with Crippen molar-refractivity contribution in [2.24, 2.45) is 5.92 Å². The van der Waals surface area contributed by atoms with Crippen molar-refractivity contribution >= 4 is 10.2 Å². The van der Waals surface area contributed by atoms with Gasteiger partial charge in [-0.3, -0.25) is 0 Å². The molecule has 0 heterocycles. The van der Waals surface area contributed by atoms with Gasteiger partial charge < -0.3 is 0 Å². The van der Waals surface area contributed by atoms with E-state index in [1.54, 1.807) is 0 Å². The van der Waals surface area contributed by atoms with Crippen LogP contribution in [-0.4, -0.2) is 31.9 Å². The zero-order valence-corrected chi connectivity index (χ0v) is 10.6. The lowest BCUT2D eigenvalue weighted by Crippen LogP contribution is -2.45. The number of nitrogens with zero attached hydrogens (tertiary/aromatic N) is 1. The average molecular weight is 222 g/mol. The molecule has 0 spiro atoms. The highest BCUT2D eigenvalue weighted by molar-refractivity contribution is 7.87. The minimum atomic E-state index is -3.28. The summed E-state index contributed by atoms with van der Waals surface area (Å²) in [5.41, 5.74) is 0. The van der Waals surface area contributed by atoms with E-state index in [-0.39, 0.29) is 6.04 Å². The fourth-order valence-corrected chi connectivity index (χ4v) is 2.58. The number of nitrogens with one attached hydrogen (secondary N) is 1. The van der Waals surface area contributed by atoms with E-state index in [0.717, 1.165) is 0 Å². The molecular formula is C9H22N2O2S. The van der Waals surface area contributed by atoms with Gasteiger partial charge in [0, 0.05) is 19.1 Å². The molecule has 0 fully saturated rings. The monoisotopic (exact) mass is 222 g/mol. The summed E-state index contributed by atoms with van der Waals surface area (Å²) >= 11 is 0. The van der Waals surface area contributed by atoms with Gasteiger partial charge in [0.25, 0.3) is 10.2 Å². The summed E-state index contributed by atoms with van der Waals surface area (Å²) in [6.45, 7) is 10.6. The van der Waals surface area contributed by atoms with Crippen LogP contribution in [0.15, 0.2) is 0 Å². The maximum atomic E-state index is 11.7. The smallest absolute Gasteiger partial charge is 0.199 e. The Hall–Kier alpha value is -0.130. The molecule has 0 aliphatic rings. The highest BCUT2D eigenvalue weighted by atomic mass is 32.2. The lowest BCUT2D eigenvalue weighted by molar-refractivity contribution is 0.409. The summed E-state index contributed by atoms with van der Waals surface area (Å²) in [7, 11) is -3.28. The summed E-state index contributed by atoms with van der Waals surface area (Å²) < 4.78 is 27.5. The van der Waals surface area contributed by atoms with E-state index in [9.17, 15) is 8.42 Å². The first-order valence-electron chi connectivity index (χ1n) is 5.12. The molecule has 0 bridgehead atoms. The summed E-state index contributed by atoms with van der Waals surface area (Å²) in [4.78, 5) is 0. The van der Waals surface area contributed by atoms with E-state index in [0.29, 0.717) is 19.0 Å². The summed E-state index contributed by atoms with van der Waals surface area (Å²) in [6, 6.07) is -0.0272. The zero-order chi connectivity index (χ0) is 11.4. The molecule has 1 atom stereocenters. The van der Waals surface area contributed by atoms with Gasteiger partial charge in [0.2, 0.25) is 0 Å². The zero-order valence-electron chi connectivity index (χ0n) is 9.74. The Kier molecular flexibility index (Phi) is 5.63. The Morgan fingerprint density at radius 3 is 1.86 bits per heavy atom. The molecule has 0 aliphatic carbocycles. The van der Waals surface area contributed by atoms with E-state index in [4.69, 9.17) is 0 Å². The number of hydrogen-bond acceptors (Lipinski definition) is 2. The van der Waals surface area contributed by atoms with Gasteiger partial charge in [-0.05, 0) is 12.8 Å². The van der Waals surface area contributed by atoms with Gasteiger partial charge in [-0.1, -0.05) is 27.7 Å². The van der Waals surface area contributed by atoms with Crippen molar-refractivity contribution in [2.45, 2.75) is 40.7 Å². The molecular weight excluding hydrogens is 200 g/mol. The minimum absolute atomic E-state index is 0.0272. The molecule has 0 unspecified atom stereocenters. The second-order valence-corrected chi connectivity index (χ2v) is 5.44. The molecule has 1 N–H and O–H groups in total. The quantitative estimate of drug-likeness (QED) is 0.734.